The van der Waals surface area contributed by atoms with Crippen LogP contribution in [0.15, 0.2) is 18.2 Å². The molecule has 0 aliphatic heterocycles. The number of aromatic hydroxyl groups is 1. The highest BCUT2D eigenvalue weighted by atomic mass is 16.3. The molecule has 0 fully saturated rings. The lowest BCUT2D eigenvalue weighted by molar-refractivity contribution is 0.475. The zero-order valence-corrected chi connectivity index (χ0v) is 7.83. The molecule has 0 saturated carbocycles. The van der Waals surface area contributed by atoms with E-state index in [1.54, 1.807) is 6.07 Å². The number of H-pyrrole nitrogens is 1. The molecule has 0 unspecified atom stereocenters. The van der Waals surface area contributed by atoms with Gasteiger partial charge in [0, 0.05) is 23.2 Å². The first-order valence-electron chi connectivity index (χ1n) is 4.62. The summed E-state index contributed by atoms with van der Waals surface area (Å²) in [4.78, 5) is 0. The maximum atomic E-state index is 9.35. The Hall–Kier alpha value is -1.77. The highest BCUT2D eigenvalue weighted by molar-refractivity contribution is 5.74. The second kappa shape index (κ2) is 2.38. The molecule has 1 aromatic carbocycles. The van der Waals surface area contributed by atoms with Gasteiger partial charge in [0.25, 0.3) is 0 Å². The van der Waals surface area contributed by atoms with E-state index in [0.29, 0.717) is 5.75 Å². The number of hydrogen-bond acceptors (Lipinski definition) is 2. The number of nitrogens with zero attached hydrogens (tertiary/aromatic N) is 1. The summed E-state index contributed by atoms with van der Waals surface area (Å²) in [6.45, 7) is 2.03. The van der Waals surface area contributed by atoms with Gasteiger partial charge in [0.1, 0.15) is 5.75 Å². The van der Waals surface area contributed by atoms with E-state index >= 15 is 0 Å². The summed E-state index contributed by atoms with van der Waals surface area (Å²) in [7, 11) is 0. The molecule has 1 heterocycles. The molecular weight excluding hydrogens is 176 g/mol. The SMILES string of the molecule is Cc1[nH]nc2c1Cc1cc(O)ccc1-2. The fraction of sp³-hybridized carbons (Fsp3) is 0.182. The van der Waals surface area contributed by atoms with Crippen molar-refractivity contribution in [1.82, 2.24) is 10.2 Å². The molecule has 2 aromatic rings. The summed E-state index contributed by atoms with van der Waals surface area (Å²) in [5, 5.41) is 16.6. The van der Waals surface area contributed by atoms with Crippen LogP contribution in [0.5, 0.6) is 5.75 Å². The molecule has 14 heavy (non-hydrogen) atoms. The molecule has 0 bridgehead atoms. The van der Waals surface area contributed by atoms with Crippen LogP contribution >= 0.6 is 0 Å². The van der Waals surface area contributed by atoms with Crippen molar-refractivity contribution in [2.75, 3.05) is 0 Å². The van der Waals surface area contributed by atoms with Crippen LogP contribution in [0, 0.1) is 6.92 Å². The summed E-state index contributed by atoms with van der Waals surface area (Å²) in [5.74, 6) is 0.329. The number of hydrogen-bond donors (Lipinski definition) is 2. The Morgan fingerprint density at radius 3 is 3.14 bits per heavy atom. The molecule has 1 aliphatic carbocycles. The third-order valence-corrected chi connectivity index (χ3v) is 2.79. The van der Waals surface area contributed by atoms with Crippen molar-refractivity contribution in [3.05, 3.63) is 35.0 Å². The Bertz CT molecular complexity index is 514. The predicted octanol–water partition coefficient (Wildman–Crippen LogP) is 1.99. The summed E-state index contributed by atoms with van der Waals surface area (Å²) in [6, 6.07) is 5.45. The second-order valence-electron chi connectivity index (χ2n) is 3.69. The normalized spacial score (nSPS) is 12.6. The first-order valence-corrected chi connectivity index (χ1v) is 4.62. The molecule has 0 amide bonds. The molecule has 1 aromatic heterocycles. The number of rotatable bonds is 0. The van der Waals surface area contributed by atoms with Crippen LogP contribution in [0.4, 0.5) is 0 Å². The van der Waals surface area contributed by atoms with E-state index in [1.807, 2.05) is 19.1 Å². The molecule has 0 spiro atoms. The minimum atomic E-state index is 0.329. The predicted molar refractivity (Wildman–Crippen MR) is 53.2 cm³/mol. The van der Waals surface area contributed by atoms with Gasteiger partial charge in [0.2, 0.25) is 0 Å². The topological polar surface area (TPSA) is 48.9 Å². The van der Waals surface area contributed by atoms with Crippen molar-refractivity contribution in [2.24, 2.45) is 0 Å². The van der Waals surface area contributed by atoms with Crippen molar-refractivity contribution in [2.45, 2.75) is 13.3 Å². The number of phenols is 1. The lowest BCUT2D eigenvalue weighted by Crippen LogP contribution is -1.84. The largest absolute Gasteiger partial charge is 0.508 e. The van der Waals surface area contributed by atoms with Gasteiger partial charge in [-0.05, 0) is 30.7 Å². The number of nitrogens with one attached hydrogen (secondary N) is 1. The number of aromatic amines is 1. The lowest BCUT2D eigenvalue weighted by atomic mass is 10.1. The highest BCUT2D eigenvalue weighted by Gasteiger charge is 2.22. The molecule has 0 atom stereocenters. The van der Waals surface area contributed by atoms with Crippen LogP contribution in [-0.4, -0.2) is 15.3 Å². The fourth-order valence-electron chi connectivity index (χ4n) is 2.04. The molecule has 0 radical (unpaired) electrons. The van der Waals surface area contributed by atoms with E-state index < -0.39 is 0 Å². The first kappa shape index (κ1) is 7.62. The Morgan fingerprint density at radius 2 is 2.29 bits per heavy atom. The maximum absolute atomic E-state index is 9.35. The van der Waals surface area contributed by atoms with Crippen molar-refractivity contribution >= 4 is 0 Å². The zero-order chi connectivity index (χ0) is 9.71. The monoisotopic (exact) mass is 186 g/mol. The molecular formula is C11H10N2O. The van der Waals surface area contributed by atoms with Gasteiger partial charge in [0.15, 0.2) is 0 Å². The Morgan fingerprint density at radius 1 is 1.43 bits per heavy atom. The van der Waals surface area contributed by atoms with Gasteiger partial charge in [-0.1, -0.05) is 0 Å². The van der Waals surface area contributed by atoms with E-state index in [2.05, 4.69) is 10.2 Å². The fourth-order valence-corrected chi connectivity index (χ4v) is 2.04. The number of phenolic OH excluding ortho intramolecular Hbond substituents is 1. The molecule has 3 rings (SSSR count). The van der Waals surface area contributed by atoms with Gasteiger partial charge in [-0.15, -0.1) is 0 Å². The van der Waals surface area contributed by atoms with Crippen molar-refractivity contribution in [1.29, 1.82) is 0 Å². The summed E-state index contributed by atoms with van der Waals surface area (Å²) >= 11 is 0. The maximum Gasteiger partial charge on any atom is 0.115 e. The van der Waals surface area contributed by atoms with Crippen molar-refractivity contribution in [3.8, 4) is 17.0 Å². The van der Waals surface area contributed by atoms with Gasteiger partial charge in [-0.25, -0.2) is 0 Å². The van der Waals surface area contributed by atoms with Gasteiger partial charge in [0.05, 0.1) is 5.69 Å². The van der Waals surface area contributed by atoms with E-state index in [-0.39, 0.29) is 0 Å². The number of aryl methyl sites for hydroxylation is 1. The average Bonchev–Trinajstić information content (AvgIpc) is 2.66. The summed E-state index contributed by atoms with van der Waals surface area (Å²) in [6.07, 6.45) is 0.876. The van der Waals surface area contributed by atoms with E-state index in [0.717, 1.165) is 23.4 Å². The van der Waals surface area contributed by atoms with Crippen molar-refractivity contribution < 1.29 is 5.11 Å². The number of benzene rings is 1. The molecule has 70 valence electrons. The third-order valence-electron chi connectivity index (χ3n) is 2.79. The molecule has 3 heteroatoms. The average molecular weight is 186 g/mol. The number of fused-ring (bicyclic) bond motifs is 3. The van der Waals surface area contributed by atoms with Crippen molar-refractivity contribution in [3.63, 3.8) is 0 Å². The third kappa shape index (κ3) is 0.839. The number of aromatic nitrogens is 2. The van der Waals surface area contributed by atoms with Crippen LogP contribution in [0.1, 0.15) is 16.8 Å². The van der Waals surface area contributed by atoms with E-state index in [4.69, 9.17) is 0 Å². The molecule has 0 saturated heterocycles. The van der Waals surface area contributed by atoms with Gasteiger partial charge >= 0.3 is 0 Å². The lowest BCUT2D eigenvalue weighted by Gasteiger charge is -1.98. The summed E-state index contributed by atoms with van der Waals surface area (Å²) in [5.41, 5.74) is 5.72. The zero-order valence-electron chi connectivity index (χ0n) is 7.83. The van der Waals surface area contributed by atoms with Crippen LogP contribution in [0.25, 0.3) is 11.3 Å². The van der Waals surface area contributed by atoms with E-state index in [9.17, 15) is 5.11 Å². The van der Waals surface area contributed by atoms with Gasteiger partial charge in [-0.3, -0.25) is 5.10 Å². The van der Waals surface area contributed by atoms with Crippen LogP contribution < -0.4 is 0 Å². The minimum absolute atomic E-state index is 0.329. The molecule has 3 nitrogen and oxygen atoms in total. The minimum Gasteiger partial charge on any atom is -0.508 e. The standard InChI is InChI=1S/C11H10N2O/c1-6-10-5-7-4-8(14)2-3-9(7)11(10)13-12-6/h2-4,14H,5H2,1H3,(H,12,13). The second-order valence-corrected chi connectivity index (χ2v) is 3.69. The molecule has 1 aliphatic rings. The van der Waals surface area contributed by atoms with Crippen LogP contribution in [0.2, 0.25) is 0 Å². The first-order chi connectivity index (χ1) is 6.75. The van der Waals surface area contributed by atoms with Gasteiger partial charge < -0.3 is 5.11 Å². The smallest absolute Gasteiger partial charge is 0.115 e. The summed E-state index contributed by atoms with van der Waals surface area (Å²) < 4.78 is 0. The Labute approximate surface area is 81.4 Å². The Kier molecular flexibility index (Phi) is 1.29. The van der Waals surface area contributed by atoms with E-state index in [1.165, 1.54) is 11.1 Å². The molecule has 2 N–H and O–H groups in total. The highest BCUT2D eigenvalue weighted by Crippen LogP contribution is 2.37. The van der Waals surface area contributed by atoms with Crippen LogP contribution in [0.3, 0.4) is 0 Å². The van der Waals surface area contributed by atoms with Gasteiger partial charge in [-0.2, -0.15) is 5.10 Å². The Balaban J connectivity index is 2.27. The quantitative estimate of drug-likeness (QED) is 0.564. The van der Waals surface area contributed by atoms with Crippen LogP contribution in [-0.2, 0) is 6.42 Å².